The third-order valence-electron chi connectivity index (χ3n) is 4.99. The quantitative estimate of drug-likeness (QED) is 0.754. The highest BCUT2D eigenvalue weighted by Gasteiger charge is 2.32. The number of nitrogens with one attached hydrogen (secondary N) is 1. The second-order valence-corrected chi connectivity index (χ2v) is 6.57. The lowest BCUT2D eigenvalue weighted by molar-refractivity contribution is 0.170. The van der Waals surface area contributed by atoms with Gasteiger partial charge in [0.25, 0.3) is 0 Å². The molecule has 122 valence electrons. The van der Waals surface area contributed by atoms with Gasteiger partial charge in [-0.05, 0) is 30.7 Å². The number of carbonyl (C=O) groups is 1. The van der Waals surface area contributed by atoms with Gasteiger partial charge in [0.2, 0.25) is 0 Å². The van der Waals surface area contributed by atoms with Crippen molar-refractivity contribution >= 4 is 6.09 Å². The molecular weight excluding hydrogens is 276 g/mol. The first kappa shape index (κ1) is 16.8. The van der Waals surface area contributed by atoms with Crippen molar-refractivity contribution in [3.63, 3.8) is 0 Å². The number of hydrogen-bond acceptors (Lipinski definition) is 2. The molecule has 0 spiro atoms. The van der Waals surface area contributed by atoms with Gasteiger partial charge in [0, 0.05) is 12.1 Å². The molecule has 0 aliphatic heterocycles. The monoisotopic (exact) mass is 304 g/mol. The van der Waals surface area contributed by atoms with Crippen LogP contribution in [-0.2, 0) is 6.42 Å². The summed E-state index contributed by atoms with van der Waals surface area (Å²) in [6.45, 7) is 1.87. The number of amides is 1. The van der Waals surface area contributed by atoms with E-state index in [-0.39, 0.29) is 12.1 Å². The van der Waals surface area contributed by atoms with Crippen molar-refractivity contribution in [1.82, 2.24) is 5.32 Å². The van der Waals surface area contributed by atoms with Crippen LogP contribution in [0.5, 0.6) is 0 Å². The highest BCUT2D eigenvalue weighted by Crippen LogP contribution is 2.34. The van der Waals surface area contributed by atoms with Gasteiger partial charge in [-0.1, -0.05) is 62.4 Å². The minimum absolute atomic E-state index is 0.153. The van der Waals surface area contributed by atoms with Crippen LogP contribution in [0.15, 0.2) is 30.3 Å². The summed E-state index contributed by atoms with van der Waals surface area (Å²) in [7, 11) is 0. The van der Waals surface area contributed by atoms with Gasteiger partial charge in [-0.15, -0.1) is 0 Å². The lowest BCUT2D eigenvalue weighted by Gasteiger charge is -2.37. The van der Waals surface area contributed by atoms with E-state index in [9.17, 15) is 4.79 Å². The van der Waals surface area contributed by atoms with Crippen LogP contribution >= 0.6 is 0 Å². The van der Waals surface area contributed by atoms with Gasteiger partial charge in [0.05, 0.1) is 0 Å². The lowest BCUT2D eigenvalue weighted by Crippen LogP contribution is -2.51. The molecule has 0 radical (unpaired) electrons. The molecule has 0 heterocycles. The summed E-state index contributed by atoms with van der Waals surface area (Å²) in [5.74, 6) is 0.923. The highest BCUT2D eigenvalue weighted by atomic mass is 16.4. The minimum atomic E-state index is -0.995. The molecule has 1 aromatic carbocycles. The Morgan fingerprint density at radius 3 is 2.50 bits per heavy atom. The van der Waals surface area contributed by atoms with E-state index in [1.807, 2.05) is 13.0 Å². The molecule has 4 N–H and O–H groups in total. The molecule has 1 aromatic rings. The van der Waals surface area contributed by atoms with Crippen molar-refractivity contribution < 1.29 is 9.90 Å². The van der Waals surface area contributed by atoms with Gasteiger partial charge < -0.3 is 16.2 Å². The number of hydrogen-bond donors (Lipinski definition) is 3. The van der Waals surface area contributed by atoms with Gasteiger partial charge in [-0.2, -0.15) is 0 Å². The van der Waals surface area contributed by atoms with Crippen LogP contribution in [-0.4, -0.2) is 23.3 Å². The van der Waals surface area contributed by atoms with E-state index >= 15 is 0 Å². The molecule has 4 nitrogen and oxygen atoms in total. The Morgan fingerprint density at radius 1 is 1.27 bits per heavy atom. The summed E-state index contributed by atoms with van der Waals surface area (Å²) in [4.78, 5) is 10.9. The van der Waals surface area contributed by atoms with Crippen molar-refractivity contribution in [2.24, 2.45) is 17.6 Å². The third-order valence-corrected chi connectivity index (χ3v) is 4.99. The topological polar surface area (TPSA) is 75.3 Å². The van der Waals surface area contributed by atoms with Crippen molar-refractivity contribution in [3.05, 3.63) is 35.9 Å². The van der Waals surface area contributed by atoms with E-state index in [0.29, 0.717) is 11.8 Å². The molecule has 1 saturated carbocycles. The fourth-order valence-corrected chi connectivity index (χ4v) is 3.73. The Hall–Kier alpha value is -1.55. The zero-order chi connectivity index (χ0) is 15.9. The zero-order valence-corrected chi connectivity index (χ0v) is 13.4. The molecule has 0 aromatic heterocycles. The maximum Gasteiger partial charge on any atom is 0.404 e. The molecule has 1 aliphatic carbocycles. The van der Waals surface area contributed by atoms with Crippen molar-refractivity contribution in [2.75, 3.05) is 0 Å². The first-order valence-electron chi connectivity index (χ1n) is 8.37. The minimum Gasteiger partial charge on any atom is -0.465 e. The predicted molar refractivity (Wildman–Crippen MR) is 88.8 cm³/mol. The normalized spacial score (nSPS) is 20.1. The molecule has 0 bridgehead atoms. The summed E-state index contributed by atoms with van der Waals surface area (Å²) < 4.78 is 0. The summed E-state index contributed by atoms with van der Waals surface area (Å²) >= 11 is 0. The van der Waals surface area contributed by atoms with Gasteiger partial charge >= 0.3 is 6.09 Å². The molecule has 1 amide bonds. The van der Waals surface area contributed by atoms with E-state index in [1.54, 1.807) is 0 Å². The summed E-state index contributed by atoms with van der Waals surface area (Å²) in [5.41, 5.74) is 7.75. The summed E-state index contributed by atoms with van der Waals surface area (Å²) in [5, 5.41) is 11.5. The molecule has 1 unspecified atom stereocenters. The molecule has 1 aliphatic rings. The first-order chi connectivity index (χ1) is 10.6. The largest absolute Gasteiger partial charge is 0.465 e. The molecule has 4 heteroatoms. The molecule has 22 heavy (non-hydrogen) atoms. The smallest absolute Gasteiger partial charge is 0.404 e. The van der Waals surface area contributed by atoms with Gasteiger partial charge in [0.1, 0.15) is 0 Å². The second kappa shape index (κ2) is 8.18. The van der Waals surface area contributed by atoms with E-state index in [2.05, 4.69) is 29.6 Å². The number of benzene rings is 1. The molecule has 0 saturated heterocycles. The Labute approximate surface area is 133 Å². The van der Waals surface area contributed by atoms with Gasteiger partial charge in [0.15, 0.2) is 0 Å². The molecule has 2 rings (SSSR count). The van der Waals surface area contributed by atoms with Crippen LogP contribution in [0, 0.1) is 11.8 Å². The van der Waals surface area contributed by atoms with Crippen molar-refractivity contribution in [1.29, 1.82) is 0 Å². The van der Waals surface area contributed by atoms with Gasteiger partial charge in [-0.3, -0.25) is 0 Å². The van der Waals surface area contributed by atoms with E-state index in [4.69, 9.17) is 10.8 Å². The average molecular weight is 304 g/mol. The third kappa shape index (κ3) is 4.73. The first-order valence-corrected chi connectivity index (χ1v) is 8.37. The lowest BCUT2D eigenvalue weighted by atomic mass is 9.73. The van der Waals surface area contributed by atoms with Crippen molar-refractivity contribution in [2.45, 2.75) is 57.5 Å². The summed E-state index contributed by atoms with van der Waals surface area (Å²) in [6.07, 6.45) is 6.21. The van der Waals surface area contributed by atoms with Crippen LogP contribution < -0.4 is 11.1 Å². The number of nitrogens with two attached hydrogens (primary N) is 1. The van der Waals surface area contributed by atoms with E-state index < -0.39 is 6.09 Å². The molecule has 1 fully saturated rings. The van der Waals surface area contributed by atoms with Crippen molar-refractivity contribution in [3.8, 4) is 0 Å². The Kier molecular flexibility index (Phi) is 6.25. The Balaban J connectivity index is 2.11. The van der Waals surface area contributed by atoms with Crippen LogP contribution in [0.2, 0.25) is 0 Å². The van der Waals surface area contributed by atoms with Crippen LogP contribution in [0.4, 0.5) is 4.79 Å². The zero-order valence-electron chi connectivity index (χ0n) is 13.4. The predicted octanol–water partition coefficient (Wildman–Crippen LogP) is 3.41. The highest BCUT2D eigenvalue weighted by molar-refractivity contribution is 5.64. The maximum atomic E-state index is 10.9. The fraction of sp³-hybridized carbons (Fsp3) is 0.611. The van der Waals surface area contributed by atoms with Gasteiger partial charge in [-0.25, -0.2) is 4.79 Å². The fourth-order valence-electron chi connectivity index (χ4n) is 3.73. The van der Waals surface area contributed by atoms with E-state index in [0.717, 1.165) is 6.42 Å². The molecular formula is C18H28N2O2. The Morgan fingerprint density at radius 2 is 1.91 bits per heavy atom. The number of carboxylic acid groups (broad SMARTS) is 1. The SMILES string of the molecule is C[C@H](NC(=O)O)[C@H](N)C(Cc1ccccc1)C1CCCCC1. The standard InChI is InChI=1S/C18H28N2O2/c1-13(20-18(21)22)17(19)16(15-10-6-3-7-11-15)12-14-8-4-2-5-9-14/h2,4-5,8-9,13,15-17,20H,3,6-7,10-12,19H2,1H3,(H,21,22)/t13-,16?,17-/m0/s1. The van der Waals surface area contributed by atoms with Crippen LogP contribution in [0.25, 0.3) is 0 Å². The molecule has 3 atom stereocenters. The van der Waals surface area contributed by atoms with E-state index in [1.165, 1.54) is 37.7 Å². The number of rotatable bonds is 6. The van der Waals surface area contributed by atoms with Crippen LogP contribution in [0.3, 0.4) is 0 Å². The summed E-state index contributed by atoms with van der Waals surface area (Å²) in [6, 6.07) is 10.0. The Bertz CT molecular complexity index is 457. The second-order valence-electron chi connectivity index (χ2n) is 6.57. The maximum absolute atomic E-state index is 10.9. The average Bonchev–Trinajstić information content (AvgIpc) is 2.53. The van der Waals surface area contributed by atoms with Crippen LogP contribution in [0.1, 0.15) is 44.6 Å².